The number of benzene rings is 2. The van der Waals surface area contributed by atoms with E-state index in [1.165, 1.54) is 38.5 Å². The van der Waals surface area contributed by atoms with E-state index in [4.69, 9.17) is 15.2 Å². The number of halogens is 3. The first kappa shape index (κ1) is 15.7. The third-order valence-electron chi connectivity index (χ3n) is 3.13. The topological polar surface area (TPSA) is 44.5 Å². The van der Waals surface area contributed by atoms with Gasteiger partial charge in [0.15, 0.2) is 11.5 Å². The van der Waals surface area contributed by atoms with Crippen molar-refractivity contribution in [2.45, 2.75) is 6.04 Å². The van der Waals surface area contributed by atoms with E-state index in [2.05, 4.69) is 15.9 Å². The van der Waals surface area contributed by atoms with Crippen LogP contribution in [-0.4, -0.2) is 14.2 Å². The largest absolute Gasteiger partial charge is 0.493 e. The first-order valence-electron chi connectivity index (χ1n) is 6.10. The molecule has 0 radical (unpaired) electrons. The van der Waals surface area contributed by atoms with Gasteiger partial charge in [0.25, 0.3) is 0 Å². The molecule has 2 aromatic carbocycles. The molecule has 2 N–H and O–H groups in total. The summed E-state index contributed by atoms with van der Waals surface area (Å²) >= 11 is 3.25. The van der Waals surface area contributed by atoms with Gasteiger partial charge < -0.3 is 15.2 Å². The van der Waals surface area contributed by atoms with Crippen LogP contribution in [0, 0.1) is 11.6 Å². The maximum Gasteiger partial charge on any atom is 0.163 e. The van der Waals surface area contributed by atoms with Crippen LogP contribution in [0.2, 0.25) is 0 Å². The summed E-state index contributed by atoms with van der Waals surface area (Å²) in [6, 6.07) is 5.98. The number of hydrogen-bond donors (Lipinski definition) is 1. The zero-order valence-electron chi connectivity index (χ0n) is 11.5. The Balaban J connectivity index is 2.52. The predicted molar refractivity (Wildman–Crippen MR) is 79.6 cm³/mol. The Morgan fingerprint density at radius 1 is 0.952 bits per heavy atom. The van der Waals surface area contributed by atoms with Gasteiger partial charge in [0.2, 0.25) is 0 Å². The maximum atomic E-state index is 14.2. The molecule has 1 atom stereocenters. The van der Waals surface area contributed by atoms with Gasteiger partial charge in [0.1, 0.15) is 11.6 Å². The third kappa shape index (κ3) is 3.16. The summed E-state index contributed by atoms with van der Waals surface area (Å²) in [5.41, 5.74) is 6.32. The van der Waals surface area contributed by atoms with Gasteiger partial charge in [-0.2, -0.15) is 0 Å². The Bertz CT molecular complexity index is 664. The Morgan fingerprint density at radius 2 is 1.52 bits per heavy atom. The van der Waals surface area contributed by atoms with Gasteiger partial charge in [0.05, 0.1) is 20.3 Å². The molecule has 2 aromatic rings. The maximum absolute atomic E-state index is 14.2. The monoisotopic (exact) mass is 357 g/mol. The summed E-state index contributed by atoms with van der Waals surface area (Å²) in [5.74, 6) is -0.500. The molecule has 0 saturated heterocycles. The molecule has 0 amide bonds. The van der Waals surface area contributed by atoms with Crippen LogP contribution >= 0.6 is 15.9 Å². The van der Waals surface area contributed by atoms with Crippen molar-refractivity contribution in [2.75, 3.05) is 14.2 Å². The summed E-state index contributed by atoms with van der Waals surface area (Å²) in [5, 5.41) is 0. The van der Waals surface area contributed by atoms with Crippen LogP contribution in [0.25, 0.3) is 0 Å². The van der Waals surface area contributed by atoms with E-state index in [1.807, 2.05) is 0 Å². The van der Waals surface area contributed by atoms with Gasteiger partial charge in [-0.1, -0.05) is 15.9 Å². The van der Waals surface area contributed by atoms with Crippen LogP contribution in [0.1, 0.15) is 17.2 Å². The Kier molecular flexibility index (Phi) is 4.80. The normalized spacial score (nSPS) is 12.1. The molecule has 0 aliphatic rings. The minimum atomic E-state index is -0.956. The molecule has 2 rings (SSSR count). The van der Waals surface area contributed by atoms with Crippen molar-refractivity contribution in [3.63, 3.8) is 0 Å². The first-order chi connectivity index (χ1) is 9.97. The van der Waals surface area contributed by atoms with Crippen LogP contribution in [0.3, 0.4) is 0 Å². The highest BCUT2D eigenvalue weighted by molar-refractivity contribution is 9.10. The van der Waals surface area contributed by atoms with Gasteiger partial charge in [-0.3, -0.25) is 0 Å². The van der Waals surface area contributed by atoms with E-state index in [-0.39, 0.29) is 16.9 Å². The molecule has 0 heterocycles. The van der Waals surface area contributed by atoms with E-state index >= 15 is 0 Å². The molecule has 6 heteroatoms. The van der Waals surface area contributed by atoms with Crippen molar-refractivity contribution in [3.05, 3.63) is 57.6 Å². The van der Waals surface area contributed by atoms with Crippen molar-refractivity contribution in [2.24, 2.45) is 5.73 Å². The quantitative estimate of drug-likeness (QED) is 0.905. The zero-order valence-corrected chi connectivity index (χ0v) is 13.1. The molecule has 0 spiro atoms. The highest BCUT2D eigenvalue weighted by Gasteiger charge is 2.20. The first-order valence-corrected chi connectivity index (χ1v) is 6.89. The van der Waals surface area contributed by atoms with Crippen molar-refractivity contribution < 1.29 is 18.3 Å². The molecule has 112 valence electrons. The molecular formula is C15H14BrF2NO2. The molecule has 3 nitrogen and oxygen atoms in total. The van der Waals surface area contributed by atoms with Gasteiger partial charge in [-0.05, 0) is 24.3 Å². The minimum Gasteiger partial charge on any atom is -0.493 e. The second-order valence-corrected chi connectivity index (χ2v) is 5.29. The van der Waals surface area contributed by atoms with E-state index < -0.39 is 17.7 Å². The van der Waals surface area contributed by atoms with Crippen molar-refractivity contribution in [1.82, 2.24) is 0 Å². The van der Waals surface area contributed by atoms with Gasteiger partial charge >= 0.3 is 0 Å². The predicted octanol–water partition coefficient (Wildman–Crippen LogP) is 3.79. The molecule has 21 heavy (non-hydrogen) atoms. The molecule has 0 aliphatic heterocycles. The average Bonchev–Trinajstić information content (AvgIpc) is 2.48. The SMILES string of the molecule is COc1cc(F)c(C(N)c2cc(Br)ccc2F)cc1OC. The molecule has 0 fully saturated rings. The molecule has 0 bridgehead atoms. The van der Waals surface area contributed by atoms with Crippen LogP contribution < -0.4 is 15.2 Å². The number of methoxy groups -OCH3 is 2. The summed E-state index contributed by atoms with van der Waals surface area (Å²) in [6.07, 6.45) is 0. The summed E-state index contributed by atoms with van der Waals surface area (Å²) in [6.45, 7) is 0. The third-order valence-corrected chi connectivity index (χ3v) is 3.62. The lowest BCUT2D eigenvalue weighted by atomic mass is 9.98. The highest BCUT2D eigenvalue weighted by atomic mass is 79.9. The van der Waals surface area contributed by atoms with Crippen LogP contribution in [0.5, 0.6) is 11.5 Å². The second kappa shape index (κ2) is 6.41. The van der Waals surface area contributed by atoms with Crippen molar-refractivity contribution >= 4 is 15.9 Å². The molecule has 1 unspecified atom stereocenters. The summed E-state index contributed by atoms with van der Waals surface area (Å²) in [4.78, 5) is 0. The molecular weight excluding hydrogens is 344 g/mol. The second-order valence-electron chi connectivity index (χ2n) is 4.37. The van der Waals surface area contributed by atoms with E-state index in [1.54, 1.807) is 6.07 Å². The fourth-order valence-corrected chi connectivity index (χ4v) is 2.41. The highest BCUT2D eigenvalue weighted by Crippen LogP contribution is 2.34. The van der Waals surface area contributed by atoms with E-state index in [0.717, 1.165) is 0 Å². The van der Waals surface area contributed by atoms with Crippen molar-refractivity contribution in [3.8, 4) is 11.5 Å². The molecule has 0 aromatic heterocycles. The van der Waals surface area contributed by atoms with Gasteiger partial charge in [-0.15, -0.1) is 0 Å². The fraction of sp³-hybridized carbons (Fsp3) is 0.200. The lowest BCUT2D eigenvalue weighted by Gasteiger charge is -2.17. The summed E-state index contributed by atoms with van der Waals surface area (Å²) < 4.78 is 38.9. The number of nitrogens with two attached hydrogens (primary N) is 1. The standard InChI is InChI=1S/C15H14BrF2NO2/c1-20-13-6-10(12(18)7-14(13)21-2)15(19)9-5-8(16)3-4-11(9)17/h3-7,15H,19H2,1-2H3. The average molecular weight is 358 g/mol. The lowest BCUT2D eigenvalue weighted by Crippen LogP contribution is -2.15. The molecule has 0 aliphatic carbocycles. The molecule has 0 saturated carbocycles. The Hall–Kier alpha value is -1.66. The van der Waals surface area contributed by atoms with Gasteiger partial charge in [0, 0.05) is 21.7 Å². The van der Waals surface area contributed by atoms with Gasteiger partial charge in [-0.25, -0.2) is 8.78 Å². The Labute approximate surface area is 129 Å². The lowest BCUT2D eigenvalue weighted by molar-refractivity contribution is 0.351. The number of rotatable bonds is 4. The minimum absolute atomic E-state index is 0.129. The van der Waals surface area contributed by atoms with Crippen molar-refractivity contribution in [1.29, 1.82) is 0 Å². The fourth-order valence-electron chi connectivity index (χ4n) is 2.03. The summed E-state index contributed by atoms with van der Waals surface area (Å²) in [7, 11) is 2.84. The smallest absolute Gasteiger partial charge is 0.163 e. The zero-order chi connectivity index (χ0) is 15.6. The number of hydrogen-bond acceptors (Lipinski definition) is 3. The van der Waals surface area contributed by atoms with Crippen LogP contribution in [0.4, 0.5) is 8.78 Å². The number of ether oxygens (including phenoxy) is 2. The van der Waals surface area contributed by atoms with E-state index in [9.17, 15) is 8.78 Å². The Morgan fingerprint density at radius 3 is 2.14 bits per heavy atom. The van der Waals surface area contributed by atoms with Crippen LogP contribution in [0.15, 0.2) is 34.8 Å². The van der Waals surface area contributed by atoms with E-state index in [0.29, 0.717) is 10.2 Å². The van der Waals surface area contributed by atoms with Crippen LogP contribution in [-0.2, 0) is 0 Å².